The summed E-state index contributed by atoms with van der Waals surface area (Å²) in [6.45, 7) is 4.25. The summed E-state index contributed by atoms with van der Waals surface area (Å²) in [6.07, 6.45) is 0.847. The Balaban J connectivity index is 2.78. The van der Waals surface area contributed by atoms with Crippen molar-refractivity contribution in [2.45, 2.75) is 37.4 Å². The Hall–Kier alpha value is -1.16. The molecule has 0 bridgehead atoms. The number of halogens is 1. The monoisotopic (exact) mass is 312 g/mol. The van der Waals surface area contributed by atoms with Gasteiger partial charge in [0.05, 0.1) is 11.2 Å². The van der Waals surface area contributed by atoms with Crippen LogP contribution < -0.4 is 0 Å². The van der Waals surface area contributed by atoms with E-state index >= 15 is 0 Å². The molecule has 1 aromatic rings. The van der Waals surface area contributed by atoms with E-state index in [1.54, 1.807) is 12.1 Å². The molecule has 0 saturated carbocycles. The zero-order chi connectivity index (χ0) is 13.7. The molecule has 2 atom stereocenters. The van der Waals surface area contributed by atoms with Gasteiger partial charge in [0.15, 0.2) is 5.78 Å². The lowest BCUT2D eigenvalue weighted by molar-refractivity contribution is -0.136. The third kappa shape index (κ3) is 3.95. The highest BCUT2D eigenvalue weighted by molar-refractivity contribution is 9.10. The first-order valence-electron chi connectivity index (χ1n) is 5.95. The fourth-order valence-corrected chi connectivity index (χ4v) is 2.18. The minimum Gasteiger partial charge on any atom is -0.481 e. The van der Waals surface area contributed by atoms with Crippen LogP contribution in [0.25, 0.3) is 0 Å². The number of carbonyl (C=O) groups is 2. The maximum Gasteiger partial charge on any atom is 0.304 e. The molecule has 4 heteroatoms. The van der Waals surface area contributed by atoms with Gasteiger partial charge in [-0.1, -0.05) is 54.0 Å². The Morgan fingerprint density at radius 3 is 2.28 bits per heavy atom. The van der Waals surface area contributed by atoms with Crippen molar-refractivity contribution in [3.05, 3.63) is 35.4 Å². The number of rotatable bonds is 6. The lowest BCUT2D eigenvalue weighted by atomic mass is 9.96. The first-order valence-corrected chi connectivity index (χ1v) is 6.87. The summed E-state index contributed by atoms with van der Waals surface area (Å²) >= 11 is 3.11. The number of hydrogen-bond donors (Lipinski definition) is 1. The van der Waals surface area contributed by atoms with E-state index in [-0.39, 0.29) is 12.2 Å². The maximum atomic E-state index is 11.9. The summed E-state index contributed by atoms with van der Waals surface area (Å²) in [5.41, 5.74) is 1.74. The van der Waals surface area contributed by atoms with Gasteiger partial charge in [-0.25, -0.2) is 0 Å². The van der Waals surface area contributed by atoms with Crippen molar-refractivity contribution < 1.29 is 14.7 Å². The largest absolute Gasteiger partial charge is 0.481 e. The summed E-state index contributed by atoms with van der Waals surface area (Å²) in [6, 6.07) is 7.39. The van der Waals surface area contributed by atoms with Gasteiger partial charge in [0, 0.05) is 5.56 Å². The first-order chi connectivity index (χ1) is 8.45. The highest BCUT2D eigenvalue weighted by Gasteiger charge is 2.19. The number of aliphatic carboxylic acids is 1. The maximum absolute atomic E-state index is 11.9. The van der Waals surface area contributed by atoms with E-state index in [0.29, 0.717) is 11.5 Å². The molecule has 0 heterocycles. The average molecular weight is 313 g/mol. The fourth-order valence-electron chi connectivity index (χ4n) is 1.64. The Bertz CT molecular complexity index is 425. The molecule has 0 aromatic heterocycles. The summed E-state index contributed by atoms with van der Waals surface area (Å²) < 4.78 is 0. The molecule has 2 unspecified atom stereocenters. The standard InChI is InChI=1S/C14H17BrO3/c1-3-9(2)10-4-6-11(7-5-10)14(18)12(15)8-13(16)17/h4-7,9,12H,3,8H2,1-2H3,(H,16,17). The molecule has 98 valence electrons. The molecule has 0 aliphatic rings. The van der Waals surface area contributed by atoms with Crippen molar-refractivity contribution in [1.29, 1.82) is 0 Å². The van der Waals surface area contributed by atoms with Gasteiger partial charge in [-0.3, -0.25) is 9.59 Å². The van der Waals surface area contributed by atoms with Gasteiger partial charge in [0.1, 0.15) is 0 Å². The van der Waals surface area contributed by atoms with E-state index in [1.807, 2.05) is 12.1 Å². The van der Waals surface area contributed by atoms with E-state index in [0.717, 1.165) is 6.42 Å². The summed E-state index contributed by atoms with van der Waals surface area (Å²) in [5, 5.41) is 8.65. The molecule has 1 aromatic carbocycles. The van der Waals surface area contributed by atoms with Crippen LogP contribution in [0.1, 0.15) is 48.5 Å². The molecule has 0 saturated heterocycles. The van der Waals surface area contributed by atoms with Crippen LogP contribution in [-0.4, -0.2) is 21.7 Å². The van der Waals surface area contributed by atoms with E-state index in [1.165, 1.54) is 5.56 Å². The molecule has 0 amide bonds. The minimum atomic E-state index is -0.985. The van der Waals surface area contributed by atoms with Crippen molar-refractivity contribution in [3.8, 4) is 0 Å². The summed E-state index contributed by atoms with van der Waals surface area (Å²) in [7, 11) is 0. The van der Waals surface area contributed by atoms with E-state index in [4.69, 9.17) is 5.11 Å². The van der Waals surface area contributed by atoms with Crippen molar-refractivity contribution in [2.75, 3.05) is 0 Å². The van der Waals surface area contributed by atoms with Crippen LogP contribution in [0.15, 0.2) is 24.3 Å². The normalized spacial score (nSPS) is 13.9. The molecule has 3 nitrogen and oxygen atoms in total. The lowest BCUT2D eigenvalue weighted by Crippen LogP contribution is -2.18. The van der Waals surface area contributed by atoms with E-state index < -0.39 is 10.8 Å². The fraction of sp³-hybridized carbons (Fsp3) is 0.429. The molecule has 1 rings (SSSR count). The number of benzene rings is 1. The van der Waals surface area contributed by atoms with Crippen LogP contribution in [0.4, 0.5) is 0 Å². The van der Waals surface area contributed by atoms with Gasteiger partial charge in [0.2, 0.25) is 0 Å². The molecule has 0 aliphatic heterocycles. The van der Waals surface area contributed by atoms with Gasteiger partial charge in [-0.2, -0.15) is 0 Å². The molecule has 0 aliphatic carbocycles. The van der Waals surface area contributed by atoms with Gasteiger partial charge in [0.25, 0.3) is 0 Å². The molecule has 0 spiro atoms. The van der Waals surface area contributed by atoms with Gasteiger partial charge < -0.3 is 5.11 Å². The number of carbonyl (C=O) groups excluding carboxylic acids is 1. The predicted molar refractivity (Wildman–Crippen MR) is 74.4 cm³/mol. The van der Waals surface area contributed by atoms with Crippen molar-refractivity contribution in [1.82, 2.24) is 0 Å². The van der Waals surface area contributed by atoms with Crippen LogP contribution in [0.2, 0.25) is 0 Å². The Morgan fingerprint density at radius 2 is 1.83 bits per heavy atom. The van der Waals surface area contributed by atoms with Crippen LogP contribution in [-0.2, 0) is 4.79 Å². The second-order valence-electron chi connectivity index (χ2n) is 4.36. The van der Waals surface area contributed by atoms with E-state index in [2.05, 4.69) is 29.8 Å². The Kier molecular flexibility index (Phi) is 5.54. The summed E-state index contributed by atoms with van der Waals surface area (Å²) in [5.74, 6) is -0.706. The molecular formula is C14H17BrO3. The lowest BCUT2D eigenvalue weighted by Gasteiger charge is -2.10. The molecule has 0 fully saturated rings. The highest BCUT2D eigenvalue weighted by Crippen LogP contribution is 2.20. The number of carboxylic acids is 1. The first kappa shape index (κ1) is 14.9. The number of Topliss-reactive ketones (excluding diaryl/α,β-unsaturated/α-hetero) is 1. The molecule has 1 N–H and O–H groups in total. The van der Waals surface area contributed by atoms with Crippen LogP contribution in [0, 0.1) is 0 Å². The van der Waals surface area contributed by atoms with Crippen LogP contribution in [0.5, 0.6) is 0 Å². The minimum absolute atomic E-state index is 0.187. The third-order valence-corrected chi connectivity index (χ3v) is 3.75. The predicted octanol–water partition coefficient (Wildman–Crippen LogP) is 3.62. The van der Waals surface area contributed by atoms with Gasteiger partial charge >= 0.3 is 5.97 Å². The van der Waals surface area contributed by atoms with Crippen molar-refractivity contribution >= 4 is 27.7 Å². The van der Waals surface area contributed by atoms with Crippen molar-refractivity contribution in [3.63, 3.8) is 0 Å². The van der Waals surface area contributed by atoms with Crippen molar-refractivity contribution in [2.24, 2.45) is 0 Å². The Morgan fingerprint density at radius 1 is 1.28 bits per heavy atom. The Labute approximate surface area is 115 Å². The molecular weight excluding hydrogens is 296 g/mol. The second-order valence-corrected chi connectivity index (χ2v) is 5.47. The number of hydrogen-bond acceptors (Lipinski definition) is 2. The molecule has 0 radical (unpaired) electrons. The quantitative estimate of drug-likeness (QED) is 0.644. The zero-order valence-corrected chi connectivity index (χ0v) is 12.1. The smallest absolute Gasteiger partial charge is 0.304 e. The SMILES string of the molecule is CCC(C)c1ccc(C(=O)C(Br)CC(=O)O)cc1. The number of ketones is 1. The van der Waals surface area contributed by atoms with E-state index in [9.17, 15) is 9.59 Å². The van der Waals surface area contributed by atoms with Gasteiger partial charge in [-0.15, -0.1) is 0 Å². The number of carboxylic acid groups (broad SMARTS) is 1. The zero-order valence-electron chi connectivity index (χ0n) is 10.5. The topological polar surface area (TPSA) is 54.4 Å². The average Bonchev–Trinajstić information content (AvgIpc) is 2.36. The number of alkyl halides is 1. The highest BCUT2D eigenvalue weighted by atomic mass is 79.9. The van der Waals surface area contributed by atoms with Crippen LogP contribution >= 0.6 is 15.9 Å². The molecule has 18 heavy (non-hydrogen) atoms. The van der Waals surface area contributed by atoms with Crippen LogP contribution in [0.3, 0.4) is 0 Å². The summed E-state index contributed by atoms with van der Waals surface area (Å²) in [4.78, 5) is 21.8. The third-order valence-electron chi connectivity index (χ3n) is 3.01. The van der Waals surface area contributed by atoms with Gasteiger partial charge in [-0.05, 0) is 17.9 Å². The second kappa shape index (κ2) is 6.69.